The number of Topliss-reactive ketones (excluding diaryl/α,β-unsaturated/α-hetero) is 1. The summed E-state index contributed by atoms with van der Waals surface area (Å²) in [5.41, 5.74) is 11.0. The van der Waals surface area contributed by atoms with Gasteiger partial charge < -0.3 is 0 Å². The van der Waals surface area contributed by atoms with Gasteiger partial charge >= 0.3 is 0 Å². The molecule has 0 atom stereocenters. The Bertz CT molecular complexity index is 986. The highest BCUT2D eigenvalue weighted by molar-refractivity contribution is 5.96. The van der Waals surface area contributed by atoms with Crippen LogP contribution < -0.4 is 0 Å². The maximum atomic E-state index is 12.2. The molecule has 0 saturated heterocycles. The van der Waals surface area contributed by atoms with Gasteiger partial charge in [-0.1, -0.05) is 73.5 Å². The van der Waals surface area contributed by atoms with Gasteiger partial charge in [-0.15, -0.1) is 0 Å². The van der Waals surface area contributed by atoms with E-state index in [2.05, 4.69) is 76.2 Å². The summed E-state index contributed by atoms with van der Waals surface area (Å²) in [6, 6.07) is 19.5. The summed E-state index contributed by atoms with van der Waals surface area (Å²) in [5, 5.41) is 0. The first kappa shape index (κ1) is 21.0. The highest BCUT2D eigenvalue weighted by atomic mass is 16.1. The lowest BCUT2D eigenvalue weighted by atomic mass is 9.90. The van der Waals surface area contributed by atoms with E-state index in [0.717, 1.165) is 24.0 Å². The molecule has 3 aromatic rings. The Morgan fingerprint density at radius 1 is 0.828 bits per heavy atom. The van der Waals surface area contributed by atoms with Crippen molar-refractivity contribution in [3.63, 3.8) is 0 Å². The molecule has 0 N–H and O–H groups in total. The smallest absolute Gasteiger partial charge is 0.160 e. The van der Waals surface area contributed by atoms with Crippen LogP contribution in [0.2, 0.25) is 0 Å². The molecule has 1 nitrogen and oxygen atoms in total. The summed E-state index contributed by atoms with van der Waals surface area (Å²) < 4.78 is 0. The zero-order valence-corrected chi connectivity index (χ0v) is 18.4. The molecule has 0 saturated carbocycles. The summed E-state index contributed by atoms with van der Waals surface area (Å²) >= 11 is 0. The van der Waals surface area contributed by atoms with Gasteiger partial charge in [-0.3, -0.25) is 4.79 Å². The van der Waals surface area contributed by atoms with Crippen LogP contribution in [0.15, 0.2) is 54.6 Å². The predicted octanol–water partition coefficient (Wildman–Crippen LogP) is 7.41. The van der Waals surface area contributed by atoms with Crippen molar-refractivity contribution in [1.29, 1.82) is 0 Å². The van der Waals surface area contributed by atoms with E-state index < -0.39 is 0 Å². The van der Waals surface area contributed by atoms with Crippen molar-refractivity contribution in [3.05, 3.63) is 93.5 Å². The van der Waals surface area contributed by atoms with E-state index in [4.69, 9.17) is 0 Å². The Morgan fingerprint density at radius 2 is 1.48 bits per heavy atom. The minimum Gasteiger partial charge on any atom is -0.295 e. The molecule has 3 aromatic carbocycles. The number of aryl methyl sites for hydroxylation is 3. The second-order valence-electron chi connectivity index (χ2n) is 8.28. The lowest BCUT2D eigenvalue weighted by molar-refractivity contribution is 0.101. The monoisotopic (exact) mass is 384 g/mol. The van der Waals surface area contributed by atoms with E-state index >= 15 is 0 Å². The zero-order valence-electron chi connectivity index (χ0n) is 18.4. The lowest BCUT2D eigenvalue weighted by Crippen LogP contribution is -2.02. The summed E-state index contributed by atoms with van der Waals surface area (Å²) in [5.74, 6) is 0.126. The number of carbonyl (C=O) groups excluding carboxylic acids is 1. The number of carbonyl (C=O) groups is 1. The fourth-order valence-electron chi connectivity index (χ4n) is 4.10. The standard InChI is InChI=1S/C28H32O/c1-6-7-8-27-20(3)15-25(16-21(27)4)24-13-14-28(22(5)29)26(18-24)17-23-11-9-19(2)10-12-23/h9-16,18H,6-8,17H2,1-5H3. The first-order valence-corrected chi connectivity index (χ1v) is 10.7. The van der Waals surface area contributed by atoms with E-state index in [9.17, 15) is 4.79 Å². The molecule has 0 spiro atoms. The van der Waals surface area contributed by atoms with Gasteiger partial charge in [0, 0.05) is 5.56 Å². The number of unbranched alkanes of at least 4 members (excludes halogenated alkanes) is 1. The van der Waals surface area contributed by atoms with Crippen LogP contribution in [0.3, 0.4) is 0 Å². The third-order valence-electron chi connectivity index (χ3n) is 5.81. The van der Waals surface area contributed by atoms with E-state index in [1.54, 1.807) is 6.92 Å². The SMILES string of the molecule is CCCCc1c(C)cc(-c2ccc(C(C)=O)c(Cc3ccc(C)cc3)c2)cc1C. The Labute approximate surface area is 175 Å². The molecule has 0 bridgehead atoms. The first-order valence-electron chi connectivity index (χ1n) is 10.7. The van der Waals surface area contributed by atoms with E-state index in [0.29, 0.717) is 0 Å². The van der Waals surface area contributed by atoms with Crippen LogP contribution >= 0.6 is 0 Å². The van der Waals surface area contributed by atoms with E-state index in [-0.39, 0.29) is 5.78 Å². The molecule has 0 aliphatic carbocycles. The minimum absolute atomic E-state index is 0.126. The summed E-state index contributed by atoms with van der Waals surface area (Å²) in [7, 11) is 0. The van der Waals surface area contributed by atoms with Crippen LogP contribution in [-0.4, -0.2) is 5.78 Å². The van der Waals surface area contributed by atoms with Gasteiger partial charge in [0.05, 0.1) is 0 Å². The minimum atomic E-state index is 0.126. The van der Waals surface area contributed by atoms with Gasteiger partial charge in [-0.05, 0) is 85.9 Å². The fourth-order valence-corrected chi connectivity index (χ4v) is 4.10. The Hall–Kier alpha value is -2.67. The van der Waals surface area contributed by atoms with Crippen LogP contribution in [0.25, 0.3) is 11.1 Å². The summed E-state index contributed by atoms with van der Waals surface area (Å²) in [6.45, 7) is 10.4. The van der Waals surface area contributed by atoms with Gasteiger partial charge in [0.25, 0.3) is 0 Å². The van der Waals surface area contributed by atoms with Gasteiger partial charge in [0.1, 0.15) is 0 Å². The molecule has 0 radical (unpaired) electrons. The van der Waals surface area contributed by atoms with Crippen LogP contribution in [-0.2, 0) is 12.8 Å². The van der Waals surface area contributed by atoms with Gasteiger partial charge in [0.2, 0.25) is 0 Å². The molecule has 0 aliphatic rings. The second kappa shape index (κ2) is 9.22. The number of benzene rings is 3. The summed E-state index contributed by atoms with van der Waals surface area (Å²) in [4.78, 5) is 12.2. The average Bonchev–Trinajstić information content (AvgIpc) is 2.69. The summed E-state index contributed by atoms with van der Waals surface area (Å²) in [6.07, 6.45) is 4.37. The maximum absolute atomic E-state index is 12.2. The third-order valence-corrected chi connectivity index (χ3v) is 5.81. The molecule has 0 fully saturated rings. The highest BCUT2D eigenvalue weighted by Crippen LogP contribution is 2.29. The highest BCUT2D eigenvalue weighted by Gasteiger charge is 2.12. The first-order chi connectivity index (χ1) is 13.9. The van der Waals surface area contributed by atoms with Crippen molar-refractivity contribution in [2.24, 2.45) is 0 Å². The predicted molar refractivity (Wildman–Crippen MR) is 124 cm³/mol. The lowest BCUT2D eigenvalue weighted by Gasteiger charge is -2.15. The molecular formula is C28H32O. The van der Waals surface area contributed by atoms with Gasteiger partial charge in [-0.2, -0.15) is 0 Å². The number of hydrogen-bond acceptors (Lipinski definition) is 1. The van der Waals surface area contributed by atoms with Crippen LogP contribution in [0.4, 0.5) is 0 Å². The van der Waals surface area contributed by atoms with Gasteiger partial charge in [-0.25, -0.2) is 0 Å². The molecule has 0 unspecified atom stereocenters. The molecule has 29 heavy (non-hydrogen) atoms. The van der Waals surface area contributed by atoms with Crippen molar-refractivity contribution in [3.8, 4) is 11.1 Å². The molecule has 0 aromatic heterocycles. The van der Waals surface area contributed by atoms with Gasteiger partial charge in [0.15, 0.2) is 5.78 Å². The zero-order chi connectivity index (χ0) is 21.0. The quantitative estimate of drug-likeness (QED) is 0.387. The van der Waals surface area contributed by atoms with Crippen LogP contribution in [0.1, 0.15) is 70.4 Å². The van der Waals surface area contributed by atoms with E-state index in [1.807, 2.05) is 6.07 Å². The number of rotatable bonds is 7. The largest absolute Gasteiger partial charge is 0.295 e. The molecular weight excluding hydrogens is 352 g/mol. The van der Waals surface area contributed by atoms with Crippen molar-refractivity contribution in [2.45, 2.75) is 60.3 Å². The molecule has 3 rings (SSSR count). The normalized spacial score (nSPS) is 10.9. The third kappa shape index (κ3) is 5.03. The molecule has 0 amide bonds. The Kier molecular flexibility index (Phi) is 6.69. The van der Waals surface area contributed by atoms with Crippen molar-refractivity contribution in [1.82, 2.24) is 0 Å². The molecule has 1 heteroatoms. The second-order valence-corrected chi connectivity index (χ2v) is 8.28. The van der Waals surface area contributed by atoms with Crippen molar-refractivity contribution < 1.29 is 4.79 Å². The molecule has 0 heterocycles. The van der Waals surface area contributed by atoms with Crippen LogP contribution in [0.5, 0.6) is 0 Å². The maximum Gasteiger partial charge on any atom is 0.160 e. The van der Waals surface area contributed by atoms with Crippen molar-refractivity contribution >= 4 is 5.78 Å². The number of ketones is 1. The molecule has 150 valence electrons. The Balaban J connectivity index is 2.00. The average molecular weight is 385 g/mol. The number of hydrogen-bond donors (Lipinski definition) is 0. The van der Waals surface area contributed by atoms with Crippen LogP contribution in [0, 0.1) is 20.8 Å². The topological polar surface area (TPSA) is 17.1 Å². The fraction of sp³-hybridized carbons (Fsp3) is 0.321. The van der Waals surface area contributed by atoms with E-state index in [1.165, 1.54) is 51.8 Å². The molecule has 0 aliphatic heterocycles. The Morgan fingerprint density at radius 3 is 2.07 bits per heavy atom. The van der Waals surface area contributed by atoms with Crippen molar-refractivity contribution in [2.75, 3.05) is 0 Å².